The zero-order valence-corrected chi connectivity index (χ0v) is 17.4. The average molecular weight is 509 g/mol. The molecule has 2 aromatic carbocycles. The number of hydrogen-bond acceptors (Lipinski definition) is 4. The Morgan fingerprint density at radius 2 is 2.08 bits per heavy atom. The Balaban J connectivity index is 2.29. The van der Waals surface area contributed by atoms with Crippen molar-refractivity contribution in [2.24, 2.45) is 5.73 Å². The Labute approximate surface area is 174 Å². The van der Waals surface area contributed by atoms with Gasteiger partial charge in [0.15, 0.2) is 16.6 Å². The first kappa shape index (κ1) is 20.7. The van der Waals surface area contributed by atoms with Crippen molar-refractivity contribution in [2.45, 2.75) is 13.5 Å². The fourth-order valence-electron chi connectivity index (χ4n) is 2.07. The lowest BCUT2D eigenvalue weighted by atomic mass is 10.2. The molecule has 0 radical (unpaired) electrons. The maximum atomic E-state index is 13.1. The molecular formula is C17H15ClFIN2O3S. The number of nitrogens with two attached hydrogens (primary N) is 1. The number of rotatable bonds is 6. The minimum atomic E-state index is -0.440. The molecule has 0 aromatic heterocycles. The highest BCUT2D eigenvalue weighted by Gasteiger charge is 2.17. The molecule has 0 aliphatic rings. The van der Waals surface area contributed by atoms with Crippen LogP contribution in [0.2, 0.25) is 5.02 Å². The Bertz CT molecular complexity index is 851. The quantitative estimate of drug-likeness (QED) is 0.455. The molecule has 0 aliphatic heterocycles. The molecule has 0 saturated heterocycles. The normalized spacial score (nSPS) is 10.3. The van der Waals surface area contributed by atoms with Gasteiger partial charge in [0.2, 0.25) is 0 Å². The lowest BCUT2D eigenvalue weighted by Crippen LogP contribution is -2.34. The van der Waals surface area contributed by atoms with E-state index in [-0.39, 0.29) is 16.7 Å². The molecule has 5 nitrogen and oxygen atoms in total. The lowest BCUT2D eigenvalue weighted by molar-refractivity contribution is 0.0976. The number of thiocarbonyl (C=S) groups is 1. The largest absolute Gasteiger partial charge is 0.490 e. The van der Waals surface area contributed by atoms with Crippen LogP contribution in [0.15, 0.2) is 30.3 Å². The summed E-state index contributed by atoms with van der Waals surface area (Å²) in [7, 11) is 0. The first-order valence-corrected chi connectivity index (χ1v) is 9.32. The maximum absolute atomic E-state index is 13.1. The first-order valence-electron chi connectivity index (χ1n) is 7.45. The second-order valence-electron chi connectivity index (χ2n) is 5.06. The minimum absolute atomic E-state index is 0.116. The Hall–Kier alpha value is -1.65. The number of hydrogen-bond donors (Lipinski definition) is 2. The van der Waals surface area contributed by atoms with E-state index in [1.165, 1.54) is 12.1 Å². The molecule has 0 aliphatic carbocycles. The van der Waals surface area contributed by atoms with Gasteiger partial charge in [-0.3, -0.25) is 10.1 Å². The van der Waals surface area contributed by atoms with Gasteiger partial charge in [0.05, 0.1) is 15.2 Å². The van der Waals surface area contributed by atoms with E-state index in [0.717, 1.165) is 0 Å². The topological polar surface area (TPSA) is 73.6 Å². The zero-order valence-electron chi connectivity index (χ0n) is 13.6. The monoisotopic (exact) mass is 508 g/mol. The van der Waals surface area contributed by atoms with Crippen LogP contribution in [-0.2, 0) is 6.61 Å². The van der Waals surface area contributed by atoms with Crippen molar-refractivity contribution >= 4 is 57.4 Å². The van der Waals surface area contributed by atoms with E-state index in [1.54, 1.807) is 18.2 Å². The van der Waals surface area contributed by atoms with Gasteiger partial charge in [-0.2, -0.15) is 0 Å². The molecule has 0 saturated carbocycles. The van der Waals surface area contributed by atoms with Crippen LogP contribution in [0, 0.1) is 9.39 Å². The summed E-state index contributed by atoms with van der Waals surface area (Å²) in [5, 5.41) is 2.52. The van der Waals surface area contributed by atoms with Gasteiger partial charge < -0.3 is 15.2 Å². The van der Waals surface area contributed by atoms with Gasteiger partial charge >= 0.3 is 0 Å². The summed E-state index contributed by atoms with van der Waals surface area (Å²) in [5.41, 5.74) is 6.29. The lowest BCUT2D eigenvalue weighted by Gasteiger charge is -2.16. The molecule has 0 spiro atoms. The van der Waals surface area contributed by atoms with Crippen molar-refractivity contribution in [3.63, 3.8) is 0 Å². The van der Waals surface area contributed by atoms with Gasteiger partial charge in [0.25, 0.3) is 5.91 Å². The zero-order chi connectivity index (χ0) is 19.3. The molecule has 0 unspecified atom stereocenters. The summed E-state index contributed by atoms with van der Waals surface area (Å²) in [6.07, 6.45) is 0. The highest BCUT2D eigenvalue weighted by Crippen LogP contribution is 2.35. The molecule has 1 amide bonds. The Morgan fingerprint density at radius 1 is 1.35 bits per heavy atom. The molecule has 0 fully saturated rings. The second-order valence-corrected chi connectivity index (χ2v) is 7.07. The predicted octanol–water partition coefficient (Wildman–Crippen LogP) is 4.03. The SMILES string of the molecule is CCOc1cc(C(=O)NC(N)=S)cc(I)c1OCc1ccc(F)cc1Cl. The summed E-state index contributed by atoms with van der Waals surface area (Å²) in [4.78, 5) is 12.1. The van der Waals surface area contributed by atoms with E-state index >= 15 is 0 Å². The van der Waals surface area contributed by atoms with Crippen LogP contribution in [0.1, 0.15) is 22.8 Å². The van der Waals surface area contributed by atoms with E-state index in [4.69, 9.17) is 26.8 Å². The number of nitrogens with one attached hydrogen (secondary N) is 1. The molecule has 0 heterocycles. The van der Waals surface area contributed by atoms with Crippen LogP contribution in [0.5, 0.6) is 11.5 Å². The fourth-order valence-corrected chi connectivity index (χ4v) is 3.15. The van der Waals surface area contributed by atoms with Crippen molar-refractivity contribution in [2.75, 3.05) is 6.61 Å². The molecule has 2 rings (SSSR count). The van der Waals surface area contributed by atoms with Crippen LogP contribution in [0.25, 0.3) is 0 Å². The smallest absolute Gasteiger partial charge is 0.257 e. The summed E-state index contributed by atoms with van der Waals surface area (Å²) >= 11 is 12.7. The maximum Gasteiger partial charge on any atom is 0.257 e. The third-order valence-electron chi connectivity index (χ3n) is 3.20. The molecule has 9 heteroatoms. The van der Waals surface area contributed by atoms with Gasteiger partial charge in [-0.1, -0.05) is 17.7 Å². The van der Waals surface area contributed by atoms with E-state index in [0.29, 0.717) is 32.8 Å². The number of amides is 1. The highest BCUT2D eigenvalue weighted by molar-refractivity contribution is 14.1. The van der Waals surface area contributed by atoms with E-state index in [9.17, 15) is 9.18 Å². The van der Waals surface area contributed by atoms with Crippen molar-refractivity contribution in [1.29, 1.82) is 0 Å². The van der Waals surface area contributed by atoms with E-state index in [1.807, 2.05) is 29.5 Å². The number of carbonyl (C=O) groups is 1. The number of carbonyl (C=O) groups excluding carboxylic acids is 1. The summed E-state index contributed by atoms with van der Waals surface area (Å²) in [6.45, 7) is 2.31. The molecular weight excluding hydrogens is 494 g/mol. The third-order valence-corrected chi connectivity index (χ3v) is 4.45. The van der Waals surface area contributed by atoms with Crippen molar-refractivity contribution in [1.82, 2.24) is 5.32 Å². The summed E-state index contributed by atoms with van der Waals surface area (Å²) < 4.78 is 25.2. The van der Waals surface area contributed by atoms with Crippen LogP contribution in [-0.4, -0.2) is 17.6 Å². The predicted molar refractivity (Wildman–Crippen MR) is 110 cm³/mol. The Morgan fingerprint density at radius 3 is 2.69 bits per heavy atom. The summed E-state index contributed by atoms with van der Waals surface area (Å²) in [5.74, 6) is -0.00791. The van der Waals surface area contributed by atoms with Crippen molar-refractivity contribution in [3.8, 4) is 11.5 Å². The molecule has 26 heavy (non-hydrogen) atoms. The van der Waals surface area contributed by atoms with Gasteiger partial charge in [0, 0.05) is 11.1 Å². The number of ether oxygens (including phenoxy) is 2. The number of halogens is 3. The third kappa shape index (κ3) is 5.42. The van der Waals surface area contributed by atoms with Crippen LogP contribution in [0.4, 0.5) is 4.39 Å². The van der Waals surface area contributed by atoms with Gasteiger partial charge in [-0.15, -0.1) is 0 Å². The summed E-state index contributed by atoms with van der Waals surface area (Å²) in [6, 6.07) is 7.24. The Kier molecular flexibility index (Phi) is 7.42. The highest BCUT2D eigenvalue weighted by atomic mass is 127. The van der Waals surface area contributed by atoms with Crippen molar-refractivity contribution in [3.05, 3.63) is 55.9 Å². The second kappa shape index (κ2) is 9.33. The first-order chi connectivity index (χ1) is 12.3. The van der Waals surface area contributed by atoms with Crippen LogP contribution < -0.4 is 20.5 Å². The van der Waals surface area contributed by atoms with Gasteiger partial charge in [0.1, 0.15) is 12.4 Å². The van der Waals surface area contributed by atoms with E-state index < -0.39 is 11.7 Å². The fraction of sp³-hybridized carbons (Fsp3) is 0.176. The molecule has 0 atom stereocenters. The average Bonchev–Trinajstić information content (AvgIpc) is 2.55. The standard InChI is InChI=1S/C17H15ClFIN2O3S/c1-2-24-14-6-10(16(23)22-17(21)26)5-13(20)15(14)25-8-9-3-4-11(19)7-12(9)18/h3-7H,2,8H2,1H3,(H3,21,22,23,26). The van der Waals surface area contributed by atoms with E-state index in [2.05, 4.69) is 17.5 Å². The van der Waals surface area contributed by atoms with Gasteiger partial charge in [-0.25, -0.2) is 4.39 Å². The van der Waals surface area contributed by atoms with Crippen LogP contribution >= 0.6 is 46.4 Å². The molecule has 2 aromatic rings. The minimum Gasteiger partial charge on any atom is -0.490 e. The molecule has 138 valence electrons. The van der Waals surface area contributed by atoms with Crippen molar-refractivity contribution < 1.29 is 18.7 Å². The van der Waals surface area contributed by atoms with Crippen LogP contribution in [0.3, 0.4) is 0 Å². The van der Waals surface area contributed by atoms with Gasteiger partial charge in [-0.05, 0) is 66.0 Å². The number of benzene rings is 2. The molecule has 0 bridgehead atoms. The molecule has 3 N–H and O–H groups in total.